The van der Waals surface area contributed by atoms with Crippen molar-refractivity contribution in [1.82, 2.24) is 0 Å². The number of carboxylic acid groups (broad SMARTS) is 1. The van der Waals surface area contributed by atoms with Gasteiger partial charge in [0.1, 0.15) is 5.76 Å². The monoisotopic (exact) mass is 258 g/mol. The molecule has 0 radical (unpaired) electrons. The zero-order valence-corrected chi connectivity index (χ0v) is 10.3. The Hall–Kier alpha value is -1.43. The lowest BCUT2D eigenvalue weighted by atomic mass is 10.4. The maximum Gasteiger partial charge on any atom is 0.371 e. The first-order valence-corrected chi connectivity index (χ1v) is 6.34. The Balaban J connectivity index is 2.22. The van der Waals surface area contributed by atoms with Crippen molar-refractivity contribution in [3.8, 4) is 0 Å². The van der Waals surface area contributed by atoms with Gasteiger partial charge in [0.05, 0.1) is 18.8 Å². The van der Waals surface area contributed by atoms with Crippen LogP contribution in [0.15, 0.2) is 16.5 Å². The standard InChI is InChI=1S/C11H14O5S/c1-2-15-10(12)5-6-17-7-8-3-4-9(16-8)11(13)14/h3-4H,2,5-7H2,1H3,(H,13,14). The highest BCUT2D eigenvalue weighted by Crippen LogP contribution is 2.16. The lowest BCUT2D eigenvalue weighted by Crippen LogP contribution is -2.04. The Morgan fingerprint density at radius 1 is 1.47 bits per heavy atom. The highest BCUT2D eigenvalue weighted by atomic mass is 32.2. The van der Waals surface area contributed by atoms with E-state index in [1.165, 1.54) is 17.8 Å². The highest BCUT2D eigenvalue weighted by molar-refractivity contribution is 7.98. The SMILES string of the molecule is CCOC(=O)CCSCc1ccc(C(=O)O)o1. The van der Waals surface area contributed by atoms with E-state index >= 15 is 0 Å². The number of aromatic carboxylic acids is 1. The number of furan rings is 1. The minimum Gasteiger partial charge on any atom is -0.475 e. The topological polar surface area (TPSA) is 76.7 Å². The molecule has 6 heteroatoms. The van der Waals surface area contributed by atoms with Gasteiger partial charge in [-0.3, -0.25) is 4.79 Å². The Labute approximate surface area is 103 Å². The molecule has 0 aliphatic carbocycles. The molecule has 1 rings (SSSR count). The second-order valence-corrected chi connectivity index (χ2v) is 4.28. The second-order valence-electron chi connectivity index (χ2n) is 3.18. The number of carbonyl (C=O) groups is 2. The summed E-state index contributed by atoms with van der Waals surface area (Å²) in [6, 6.07) is 3.05. The van der Waals surface area contributed by atoms with Crippen molar-refractivity contribution in [1.29, 1.82) is 0 Å². The molecule has 0 unspecified atom stereocenters. The third-order valence-corrected chi connectivity index (χ3v) is 2.85. The van der Waals surface area contributed by atoms with Crippen LogP contribution in [0.3, 0.4) is 0 Å². The molecule has 0 aliphatic heterocycles. The fourth-order valence-electron chi connectivity index (χ4n) is 1.13. The van der Waals surface area contributed by atoms with Crippen LogP contribution >= 0.6 is 11.8 Å². The van der Waals surface area contributed by atoms with Crippen LogP contribution < -0.4 is 0 Å². The number of carbonyl (C=O) groups excluding carboxylic acids is 1. The summed E-state index contributed by atoms with van der Waals surface area (Å²) in [4.78, 5) is 21.6. The summed E-state index contributed by atoms with van der Waals surface area (Å²) in [5, 5.41) is 8.64. The summed E-state index contributed by atoms with van der Waals surface area (Å²) in [6.45, 7) is 2.16. The first-order valence-electron chi connectivity index (χ1n) is 5.19. The molecule has 0 bridgehead atoms. The van der Waals surface area contributed by atoms with Crippen LogP contribution in [0, 0.1) is 0 Å². The van der Waals surface area contributed by atoms with Crippen LogP contribution in [0.25, 0.3) is 0 Å². The molecule has 0 saturated heterocycles. The summed E-state index contributed by atoms with van der Waals surface area (Å²) in [6.07, 6.45) is 0.352. The summed E-state index contributed by atoms with van der Waals surface area (Å²) >= 11 is 1.50. The quantitative estimate of drug-likeness (QED) is 0.596. The minimum atomic E-state index is -1.08. The van der Waals surface area contributed by atoms with E-state index < -0.39 is 5.97 Å². The Bertz CT molecular complexity index is 385. The van der Waals surface area contributed by atoms with E-state index in [9.17, 15) is 9.59 Å². The van der Waals surface area contributed by atoms with Gasteiger partial charge in [0.2, 0.25) is 5.76 Å². The Morgan fingerprint density at radius 3 is 2.82 bits per heavy atom. The van der Waals surface area contributed by atoms with Crippen molar-refractivity contribution in [2.45, 2.75) is 19.1 Å². The van der Waals surface area contributed by atoms with Crippen LogP contribution in [-0.4, -0.2) is 29.4 Å². The van der Waals surface area contributed by atoms with E-state index in [4.69, 9.17) is 14.3 Å². The molecule has 0 atom stereocenters. The minimum absolute atomic E-state index is 0.0639. The highest BCUT2D eigenvalue weighted by Gasteiger charge is 2.09. The summed E-state index contributed by atoms with van der Waals surface area (Å²) in [5.41, 5.74) is 0. The second kappa shape index (κ2) is 7.01. The molecule has 1 N–H and O–H groups in total. The molecule has 0 amide bonds. The lowest BCUT2D eigenvalue weighted by molar-refractivity contribution is -0.142. The van der Waals surface area contributed by atoms with E-state index in [1.807, 2.05) is 0 Å². The maximum absolute atomic E-state index is 11.0. The average molecular weight is 258 g/mol. The van der Waals surface area contributed by atoms with Crippen molar-refractivity contribution in [3.63, 3.8) is 0 Å². The molecule has 0 saturated carbocycles. The van der Waals surface area contributed by atoms with Gasteiger partial charge in [-0.1, -0.05) is 0 Å². The Kier molecular flexibility index (Phi) is 5.62. The van der Waals surface area contributed by atoms with Crippen molar-refractivity contribution >= 4 is 23.7 Å². The van der Waals surface area contributed by atoms with E-state index in [0.717, 1.165) is 0 Å². The van der Waals surface area contributed by atoms with Crippen LogP contribution in [0.4, 0.5) is 0 Å². The van der Waals surface area contributed by atoms with E-state index in [-0.39, 0.29) is 11.7 Å². The van der Waals surface area contributed by atoms with Gasteiger partial charge in [0.15, 0.2) is 0 Å². The molecule has 17 heavy (non-hydrogen) atoms. The lowest BCUT2D eigenvalue weighted by Gasteiger charge is -2.00. The van der Waals surface area contributed by atoms with Crippen molar-refractivity contribution in [2.75, 3.05) is 12.4 Å². The Morgan fingerprint density at radius 2 is 2.24 bits per heavy atom. The molecule has 0 spiro atoms. The van der Waals surface area contributed by atoms with Gasteiger partial charge in [-0.2, -0.15) is 11.8 Å². The zero-order chi connectivity index (χ0) is 12.7. The average Bonchev–Trinajstić information content (AvgIpc) is 2.73. The molecule has 94 valence electrons. The molecule has 0 fully saturated rings. The first-order chi connectivity index (χ1) is 8.13. The first kappa shape index (κ1) is 13.6. The van der Waals surface area contributed by atoms with Gasteiger partial charge in [-0.15, -0.1) is 0 Å². The molecule has 0 aliphatic rings. The van der Waals surface area contributed by atoms with Gasteiger partial charge in [0, 0.05) is 5.75 Å². The van der Waals surface area contributed by atoms with E-state index in [1.54, 1.807) is 13.0 Å². The zero-order valence-electron chi connectivity index (χ0n) is 9.47. The fraction of sp³-hybridized carbons (Fsp3) is 0.455. The molecule has 1 heterocycles. The number of hydrogen-bond donors (Lipinski definition) is 1. The van der Waals surface area contributed by atoms with Crippen molar-refractivity contribution < 1.29 is 23.8 Å². The number of rotatable bonds is 7. The fourth-order valence-corrected chi connectivity index (χ4v) is 1.94. The molecular formula is C11H14O5S. The van der Waals surface area contributed by atoms with Gasteiger partial charge in [-0.05, 0) is 19.1 Å². The van der Waals surface area contributed by atoms with Crippen LogP contribution in [-0.2, 0) is 15.3 Å². The normalized spacial score (nSPS) is 10.2. The maximum atomic E-state index is 11.0. The van der Waals surface area contributed by atoms with Crippen molar-refractivity contribution in [2.24, 2.45) is 0 Å². The van der Waals surface area contributed by atoms with Gasteiger partial charge in [0.25, 0.3) is 0 Å². The number of thioether (sulfide) groups is 1. The van der Waals surface area contributed by atoms with Gasteiger partial charge < -0.3 is 14.3 Å². The summed E-state index contributed by atoms with van der Waals surface area (Å²) in [7, 11) is 0. The number of hydrogen-bond acceptors (Lipinski definition) is 5. The molecule has 5 nitrogen and oxygen atoms in total. The van der Waals surface area contributed by atoms with Crippen LogP contribution in [0.5, 0.6) is 0 Å². The summed E-state index contributed by atoms with van der Waals surface area (Å²) in [5.74, 6) is 0.412. The van der Waals surface area contributed by atoms with Gasteiger partial charge >= 0.3 is 11.9 Å². The third-order valence-electron chi connectivity index (χ3n) is 1.87. The summed E-state index contributed by atoms with van der Waals surface area (Å²) < 4.78 is 9.84. The predicted molar refractivity (Wildman–Crippen MR) is 63.1 cm³/mol. The smallest absolute Gasteiger partial charge is 0.371 e. The molecule has 0 aromatic carbocycles. The van der Waals surface area contributed by atoms with Crippen LogP contribution in [0.2, 0.25) is 0 Å². The number of ether oxygens (including phenoxy) is 1. The van der Waals surface area contributed by atoms with E-state index in [2.05, 4.69) is 0 Å². The molecule has 1 aromatic rings. The molecular weight excluding hydrogens is 244 g/mol. The predicted octanol–water partition coefficient (Wildman–Crippen LogP) is 2.16. The molecule has 1 aromatic heterocycles. The van der Waals surface area contributed by atoms with Gasteiger partial charge in [-0.25, -0.2) is 4.79 Å². The number of carboxylic acids is 1. The van der Waals surface area contributed by atoms with Crippen LogP contribution in [0.1, 0.15) is 29.7 Å². The number of esters is 1. The van der Waals surface area contributed by atoms with E-state index in [0.29, 0.717) is 30.3 Å². The van der Waals surface area contributed by atoms with Crippen molar-refractivity contribution in [3.05, 3.63) is 23.7 Å². The largest absolute Gasteiger partial charge is 0.475 e. The third kappa shape index (κ3) is 4.95.